The molecule has 0 aromatic heterocycles. The topological polar surface area (TPSA) is 75.7 Å². The van der Waals surface area contributed by atoms with Gasteiger partial charge in [-0.25, -0.2) is 4.79 Å². The Morgan fingerprint density at radius 1 is 1.11 bits per heavy atom. The van der Waals surface area contributed by atoms with Crippen LogP contribution in [0.15, 0.2) is 0 Å². The Hall–Kier alpha value is -1.59. The van der Waals surface area contributed by atoms with Crippen LogP contribution in [0.4, 0.5) is 4.79 Å². The van der Waals surface area contributed by atoms with Crippen molar-refractivity contribution in [2.24, 2.45) is 17.3 Å². The molecule has 0 unspecified atom stereocenters. The number of urea groups is 1. The van der Waals surface area contributed by atoms with Gasteiger partial charge in [0.25, 0.3) is 5.91 Å². The second-order valence-electron chi connectivity index (χ2n) is 9.73. The zero-order chi connectivity index (χ0) is 19.7. The van der Waals surface area contributed by atoms with Crippen molar-refractivity contribution in [2.45, 2.75) is 84.1 Å². The highest BCUT2D eigenvalue weighted by Gasteiger charge is 2.53. The van der Waals surface area contributed by atoms with E-state index in [1.54, 1.807) is 0 Å². The molecule has 1 saturated heterocycles. The molecule has 3 aliphatic rings. The van der Waals surface area contributed by atoms with Gasteiger partial charge in [-0.3, -0.25) is 14.5 Å². The maximum atomic E-state index is 12.9. The number of esters is 1. The molecule has 152 valence electrons. The third kappa shape index (κ3) is 4.46. The summed E-state index contributed by atoms with van der Waals surface area (Å²) < 4.78 is 5.36. The molecular weight excluding hydrogens is 344 g/mol. The summed E-state index contributed by atoms with van der Waals surface area (Å²) in [6.07, 6.45) is 8.93. The zero-order valence-corrected chi connectivity index (χ0v) is 17.0. The molecule has 6 nitrogen and oxygen atoms in total. The fourth-order valence-electron chi connectivity index (χ4n) is 4.87. The smallest absolute Gasteiger partial charge is 0.326 e. The van der Waals surface area contributed by atoms with Gasteiger partial charge in [0.2, 0.25) is 0 Å². The average Bonchev–Trinajstić information content (AvgIpc) is 2.85. The Balaban J connectivity index is 1.52. The van der Waals surface area contributed by atoms with Gasteiger partial charge in [0.05, 0.1) is 6.61 Å². The first kappa shape index (κ1) is 20.2. The quantitative estimate of drug-likeness (QED) is 0.599. The number of hydrogen-bond donors (Lipinski definition) is 1. The van der Waals surface area contributed by atoms with E-state index < -0.39 is 17.5 Å². The van der Waals surface area contributed by atoms with Crippen molar-refractivity contribution in [3.8, 4) is 0 Å². The molecule has 3 amide bonds. The Morgan fingerprint density at radius 2 is 1.74 bits per heavy atom. The van der Waals surface area contributed by atoms with Gasteiger partial charge in [-0.1, -0.05) is 40.0 Å². The van der Waals surface area contributed by atoms with Crippen LogP contribution in [0.1, 0.15) is 78.6 Å². The first-order valence-corrected chi connectivity index (χ1v) is 10.5. The van der Waals surface area contributed by atoms with Gasteiger partial charge in [0.1, 0.15) is 12.1 Å². The Kier molecular flexibility index (Phi) is 5.82. The fourth-order valence-corrected chi connectivity index (χ4v) is 4.87. The monoisotopic (exact) mass is 378 g/mol. The molecule has 0 aromatic rings. The van der Waals surface area contributed by atoms with Gasteiger partial charge in [-0.2, -0.15) is 0 Å². The largest absolute Gasteiger partial charge is 0.464 e. The van der Waals surface area contributed by atoms with E-state index in [2.05, 4.69) is 26.1 Å². The van der Waals surface area contributed by atoms with E-state index in [9.17, 15) is 14.4 Å². The summed E-state index contributed by atoms with van der Waals surface area (Å²) >= 11 is 0. The predicted octanol–water partition coefficient (Wildman–Crippen LogP) is 3.64. The lowest BCUT2D eigenvalue weighted by Crippen LogP contribution is -2.50. The summed E-state index contributed by atoms with van der Waals surface area (Å²) in [6.45, 7) is 6.79. The molecule has 2 aliphatic carbocycles. The van der Waals surface area contributed by atoms with Gasteiger partial charge < -0.3 is 10.1 Å². The number of nitrogens with one attached hydrogen (secondary N) is 1. The van der Waals surface area contributed by atoms with E-state index in [-0.39, 0.29) is 17.9 Å². The maximum absolute atomic E-state index is 12.9. The van der Waals surface area contributed by atoms with Gasteiger partial charge in [-0.05, 0) is 55.8 Å². The van der Waals surface area contributed by atoms with Crippen molar-refractivity contribution in [1.29, 1.82) is 0 Å². The summed E-state index contributed by atoms with van der Waals surface area (Å²) in [5, 5.41) is 2.88. The number of amides is 3. The first-order chi connectivity index (χ1) is 12.7. The SMILES string of the molecule is CC(C)(C)C1CCC2(CC1)NC(=O)N(CC(=O)OCC1CCCCC1)C2=O. The second kappa shape index (κ2) is 7.80. The third-order valence-corrected chi connectivity index (χ3v) is 6.80. The van der Waals surface area contributed by atoms with E-state index in [1.165, 1.54) is 19.3 Å². The Morgan fingerprint density at radius 3 is 2.33 bits per heavy atom. The van der Waals surface area contributed by atoms with Crippen LogP contribution in [0, 0.1) is 17.3 Å². The number of ether oxygens (including phenoxy) is 1. The molecule has 1 aliphatic heterocycles. The summed E-state index contributed by atoms with van der Waals surface area (Å²) in [4.78, 5) is 38.5. The highest BCUT2D eigenvalue weighted by atomic mass is 16.5. The minimum Gasteiger partial charge on any atom is -0.464 e. The van der Waals surface area contributed by atoms with Crippen molar-refractivity contribution in [2.75, 3.05) is 13.2 Å². The predicted molar refractivity (Wildman–Crippen MR) is 102 cm³/mol. The minimum atomic E-state index is -0.817. The summed E-state index contributed by atoms with van der Waals surface area (Å²) in [7, 11) is 0. The standard InChI is InChI=1S/C21H34N2O4/c1-20(2,3)16-9-11-21(12-10-16)18(25)23(19(26)22-21)13-17(24)27-14-15-7-5-4-6-8-15/h15-16H,4-14H2,1-3H3,(H,22,26). The van der Waals surface area contributed by atoms with Crippen LogP contribution >= 0.6 is 0 Å². The summed E-state index contributed by atoms with van der Waals surface area (Å²) in [5.74, 6) is 0.228. The highest BCUT2D eigenvalue weighted by Crippen LogP contribution is 2.43. The molecule has 6 heteroatoms. The van der Waals surface area contributed by atoms with Gasteiger partial charge in [0.15, 0.2) is 0 Å². The molecule has 3 fully saturated rings. The van der Waals surface area contributed by atoms with Crippen LogP contribution in [-0.2, 0) is 14.3 Å². The van der Waals surface area contributed by atoms with Crippen LogP contribution in [0.3, 0.4) is 0 Å². The van der Waals surface area contributed by atoms with Crippen molar-refractivity contribution >= 4 is 17.9 Å². The number of rotatable bonds is 4. The van der Waals surface area contributed by atoms with Crippen molar-refractivity contribution in [3.63, 3.8) is 0 Å². The number of carbonyl (C=O) groups excluding carboxylic acids is 3. The third-order valence-electron chi connectivity index (χ3n) is 6.80. The van der Waals surface area contributed by atoms with Crippen LogP contribution < -0.4 is 5.32 Å². The molecule has 0 atom stereocenters. The molecule has 0 radical (unpaired) electrons. The maximum Gasteiger partial charge on any atom is 0.326 e. The van der Waals surface area contributed by atoms with Crippen molar-refractivity contribution in [1.82, 2.24) is 10.2 Å². The van der Waals surface area contributed by atoms with Crippen LogP contribution in [0.2, 0.25) is 0 Å². The molecule has 1 N–H and O–H groups in total. The molecule has 1 spiro atoms. The molecule has 0 aromatic carbocycles. The molecular formula is C21H34N2O4. The van der Waals surface area contributed by atoms with E-state index in [0.29, 0.717) is 31.3 Å². The number of imide groups is 1. The molecule has 0 bridgehead atoms. The van der Waals surface area contributed by atoms with E-state index in [4.69, 9.17) is 4.74 Å². The summed E-state index contributed by atoms with van der Waals surface area (Å²) in [6, 6.07) is -0.455. The van der Waals surface area contributed by atoms with Crippen molar-refractivity contribution < 1.29 is 19.1 Å². The first-order valence-electron chi connectivity index (χ1n) is 10.5. The van der Waals surface area contributed by atoms with Gasteiger partial charge in [0, 0.05) is 0 Å². The lowest BCUT2D eigenvalue weighted by atomic mass is 9.67. The van der Waals surface area contributed by atoms with Crippen LogP contribution in [-0.4, -0.2) is 41.5 Å². The Bertz CT molecular complexity index is 581. The van der Waals surface area contributed by atoms with E-state index in [1.807, 2.05) is 0 Å². The molecule has 3 rings (SSSR count). The fraction of sp³-hybridized carbons (Fsp3) is 0.857. The van der Waals surface area contributed by atoms with E-state index >= 15 is 0 Å². The van der Waals surface area contributed by atoms with E-state index in [0.717, 1.165) is 30.6 Å². The molecule has 1 heterocycles. The number of nitrogens with zero attached hydrogens (tertiary/aromatic N) is 1. The highest BCUT2D eigenvalue weighted by molar-refractivity contribution is 6.08. The minimum absolute atomic E-state index is 0.204. The number of hydrogen-bond acceptors (Lipinski definition) is 4. The van der Waals surface area contributed by atoms with Crippen molar-refractivity contribution in [3.05, 3.63) is 0 Å². The van der Waals surface area contributed by atoms with Gasteiger partial charge >= 0.3 is 12.0 Å². The second-order valence-corrected chi connectivity index (χ2v) is 9.73. The van der Waals surface area contributed by atoms with Crippen LogP contribution in [0.25, 0.3) is 0 Å². The lowest BCUT2D eigenvalue weighted by molar-refractivity contribution is -0.149. The lowest BCUT2D eigenvalue weighted by Gasteiger charge is -2.40. The Labute approximate surface area is 162 Å². The summed E-state index contributed by atoms with van der Waals surface area (Å²) in [5.41, 5.74) is -0.613. The normalized spacial score (nSPS) is 29.9. The van der Waals surface area contributed by atoms with Crippen LogP contribution in [0.5, 0.6) is 0 Å². The molecule has 27 heavy (non-hydrogen) atoms. The number of carbonyl (C=O) groups is 3. The zero-order valence-electron chi connectivity index (χ0n) is 17.0. The molecule has 2 saturated carbocycles. The van der Waals surface area contributed by atoms with Gasteiger partial charge in [-0.15, -0.1) is 0 Å². The average molecular weight is 379 g/mol.